The number of hydrogen-bond acceptors (Lipinski definition) is 4. The minimum absolute atomic E-state index is 0.0260. The molecule has 2 aromatic carbocycles. The molecule has 1 aromatic heterocycles. The lowest BCUT2D eigenvalue weighted by Crippen LogP contribution is -2.31. The fraction of sp³-hybridized carbons (Fsp3) is 0.280. The molecule has 4 rings (SSSR count). The largest absolute Gasteiger partial charge is 0.279 e. The Hall–Kier alpha value is -3.03. The minimum Gasteiger partial charge on any atom is -0.279 e. The summed E-state index contributed by atoms with van der Waals surface area (Å²) in [5, 5.41) is 0. The van der Waals surface area contributed by atoms with Crippen molar-refractivity contribution in [2.24, 2.45) is 0 Å². The number of nitrogens with one attached hydrogen (secondary N) is 1. The standard InChI is InChI=1S/C21H19N3O3S.2C2H6/c25-21-11-9-17-13-16(14-23-28(26,27)19-6-2-1-3-7-19)8-10-20(17)24(21)18-5-4-12-22-15-18;2*1-2/h1-8,10,12-13,15,23H,9,11,14H2;2*1-2H3. The third kappa shape index (κ3) is 6.02. The summed E-state index contributed by atoms with van der Waals surface area (Å²) in [5.74, 6) is 0.0260. The maximum absolute atomic E-state index is 12.5. The van der Waals surface area contributed by atoms with Gasteiger partial charge in [0.1, 0.15) is 0 Å². The predicted octanol–water partition coefficient (Wildman–Crippen LogP) is 5.22. The van der Waals surface area contributed by atoms with Gasteiger partial charge in [-0.25, -0.2) is 13.1 Å². The summed E-state index contributed by atoms with van der Waals surface area (Å²) in [7, 11) is -3.57. The summed E-state index contributed by atoms with van der Waals surface area (Å²) in [6.07, 6.45) is 4.36. The zero-order chi connectivity index (χ0) is 23.6. The third-order valence-corrected chi connectivity index (χ3v) is 6.08. The molecule has 0 bridgehead atoms. The Balaban J connectivity index is 0.000000860. The van der Waals surface area contributed by atoms with Crippen molar-refractivity contribution in [1.82, 2.24) is 9.71 Å². The second-order valence-corrected chi connectivity index (χ2v) is 8.31. The van der Waals surface area contributed by atoms with E-state index < -0.39 is 10.0 Å². The molecule has 0 saturated carbocycles. The molecule has 6 nitrogen and oxygen atoms in total. The van der Waals surface area contributed by atoms with E-state index in [1.807, 2.05) is 52.0 Å². The molecule has 1 aliphatic heterocycles. The van der Waals surface area contributed by atoms with E-state index in [-0.39, 0.29) is 17.3 Å². The molecular formula is C25H31N3O3S. The maximum atomic E-state index is 12.5. The number of aromatic nitrogens is 1. The van der Waals surface area contributed by atoms with Crippen LogP contribution in [0.15, 0.2) is 78.0 Å². The number of sulfonamides is 1. The smallest absolute Gasteiger partial charge is 0.240 e. The quantitative estimate of drug-likeness (QED) is 0.574. The van der Waals surface area contributed by atoms with Gasteiger partial charge in [0, 0.05) is 19.2 Å². The topological polar surface area (TPSA) is 79.4 Å². The molecular weight excluding hydrogens is 422 g/mol. The number of fused-ring (bicyclic) bond motifs is 1. The molecule has 1 amide bonds. The first-order valence-corrected chi connectivity index (χ1v) is 12.4. The molecule has 0 spiro atoms. The Morgan fingerprint density at radius 2 is 1.66 bits per heavy atom. The fourth-order valence-electron chi connectivity index (χ4n) is 3.29. The van der Waals surface area contributed by atoms with Crippen molar-refractivity contribution in [3.63, 3.8) is 0 Å². The first kappa shape index (κ1) is 25.2. The van der Waals surface area contributed by atoms with E-state index >= 15 is 0 Å². The van der Waals surface area contributed by atoms with Crippen LogP contribution < -0.4 is 9.62 Å². The van der Waals surface area contributed by atoms with Crippen LogP contribution in [0, 0.1) is 0 Å². The lowest BCUT2D eigenvalue weighted by Gasteiger charge is -2.29. The van der Waals surface area contributed by atoms with E-state index in [1.54, 1.807) is 53.7 Å². The van der Waals surface area contributed by atoms with E-state index in [0.29, 0.717) is 12.8 Å². The maximum Gasteiger partial charge on any atom is 0.240 e. The molecule has 3 aromatic rings. The number of carbonyl (C=O) groups excluding carboxylic acids is 1. The van der Waals surface area contributed by atoms with Crippen LogP contribution in [0.3, 0.4) is 0 Å². The van der Waals surface area contributed by atoms with Gasteiger partial charge in [-0.1, -0.05) is 58.0 Å². The highest BCUT2D eigenvalue weighted by molar-refractivity contribution is 7.89. The summed E-state index contributed by atoms with van der Waals surface area (Å²) in [4.78, 5) is 18.5. The first-order valence-electron chi connectivity index (χ1n) is 10.9. The Bertz CT molecular complexity index is 1100. The number of anilines is 2. The van der Waals surface area contributed by atoms with Crippen LogP contribution in [0.25, 0.3) is 0 Å². The van der Waals surface area contributed by atoms with Crippen molar-refractivity contribution >= 4 is 27.3 Å². The number of pyridine rings is 1. The zero-order valence-electron chi connectivity index (χ0n) is 19.1. The molecule has 0 atom stereocenters. The van der Waals surface area contributed by atoms with Gasteiger partial charge in [0.15, 0.2) is 0 Å². The molecule has 0 saturated heterocycles. The van der Waals surface area contributed by atoms with Crippen molar-refractivity contribution in [2.75, 3.05) is 4.90 Å². The van der Waals surface area contributed by atoms with Gasteiger partial charge in [-0.3, -0.25) is 14.7 Å². The second kappa shape index (κ2) is 12.1. The fourth-order valence-corrected chi connectivity index (χ4v) is 4.32. The van der Waals surface area contributed by atoms with E-state index in [9.17, 15) is 13.2 Å². The van der Waals surface area contributed by atoms with Crippen LogP contribution in [0.5, 0.6) is 0 Å². The molecule has 0 unspecified atom stereocenters. The molecule has 2 heterocycles. The number of nitrogens with zero attached hydrogens (tertiary/aromatic N) is 2. The van der Waals surface area contributed by atoms with E-state index in [4.69, 9.17) is 0 Å². The number of aryl methyl sites for hydroxylation is 1. The Kier molecular flexibility index (Phi) is 9.56. The van der Waals surface area contributed by atoms with E-state index in [0.717, 1.165) is 22.5 Å². The molecule has 0 radical (unpaired) electrons. The average Bonchev–Trinajstić information content (AvgIpc) is 2.86. The van der Waals surface area contributed by atoms with Gasteiger partial charge in [0.25, 0.3) is 0 Å². The molecule has 32 heavy (non-hydrogen) atoms. The number of carbonyl (C=O) groups is 1. The van der Waals surface area contributed by atoms with Gasteiger partial charge in [0.05, 0.1) is 22.5 Å². The molecule has 170 valence electrons. The highest BCUT2D eigenvalue weighted by Gasteiger charge is 2.26. The van der Waals surface area contributed by atoms with Crippen LogP contribution in [-0.4, -0.2) is 19.3 Å². The average molecular weight is 454 g/mol. The molecule has 0 aliphatic carbocycles. The Morgan fingerprint density at radius 1 is 0.938 bits per heavy atom. The molecule has 0 fully saturated rings. The van der Waals surface area contributed by atoms with Gasteiger partial charge in [-0.05, 0) is 47.9 Å². The van der Waals surface area contributed by atoms with Gasteiger partial charge >= 0.3 is 0 Å². The second-order valence-electron chi connectivity index (χ2n) is 6.54. The van der Waals surface area contributed by atoms with Crippen LogP contribution >= 0.6 is 0 Å². The molecule has 7 heteroatoms. The lowest BCUT2D eigenvalue weighted by atomic mass is 9.98. The highest BCUT2D eigenvalue weighted by atomic mass is 32.2. The summed E-state index contributed by atoms with van der Waals surface area (Å²) in [6, 6.07) is 17.6. The van der Waals surface area contributed by atoms with E-state index in [2.05, 4.69) is 9.71 Å². The monoisotopic (exact) mass is 453 g/mol. The van der Waals surface area contributed by atoms with Gasteiger partial charge in [0.2, 0.25) is 15.9 Å². The summed E-state index contributed by atoms with van der Waals surface area (Å²) >= 11 is 0. The van der Waals surface area contributed by atoms with Crippen LogP contribution in [0.1, 0.15) is 45.2 Å². The number of amides is 1. The Morgan fingerprint density at radius 3 is 2.31 bits per heavy atom. The van der Waals surface area contributed by atoms with Crippen molar-refractivity contribution in [1.29, 1.82) is 0 Å². The third-order valence-electron chi connectivity index (χ3n) is 4.67. The van der Waals surface area contributed by atoms with Crippen LogP contribution in [0.4, 0.5) is 11.4 Å². The molecule has 1 aliphatic rings. The SMILES string of the molecule is CC.CC.O=C1CCc2cc(CNS(=O)(=O)c3ccccc3)ccc2N1c1cccnc1. The number of rotatable bonds is 5. The minimum atomic E-state index is -3.57. The van der Waals surface area contributed by atoms with Crippen molar-refractivity contribution in [3.05, 3.63) is 84.2 Å². The van der Waals surface area contributed by atoms with Gasteiger partial charge in [-0.2, -0.15) is 0 Å². The predicted molar refractivity (Wildman–Crippen MR) is 129 cm³/mol. The summed E-state index contributed by atoms with van der Waals surface area (Å²) in [6.45, 7) is 8.19. The number of benzene rings is 2. The van der Waals surface area contributed by atoms with Crippen molar-refractivity contribution < 1.29 is 13.2 Å². The first-order chi connectivity index (χ1) is 15.5. The molecule has 1 N–H and O–H groups in total. The highest BCUT2D eigenvalue weighted by Crippen LogP contribution is 2.34. The van der Waals surface area contributed by atoms with Crippen molar-refractivity contribution in [2.45, 2.75) is 52.0 Å². The normalized spacial score (nSPS) is 12.6. The van der Waals surface area contributed by atoms with Crippen LogP contribution in [0.2, 0.25) is 0 Å². The van der Waals surface area contributed by atoms with E-state index in [1.165, 1.54) is 0 Å². The van der Waals surface area contributed by atoms with Gasteiger partial charge < -0.3 is 0 Å². The zero-order valence-corrected chi connectivity index (χ0v) is 19.9. The Labute approximate surface area is 191 Å². The lowest BCUT2D eigenvalue weighted by molar-refractivity contribution is -0.118. The van der Waals surface area contributed by atoms with Crippen molar-refractivity contribution in [3.8, 4) is 0 Å². The number of hydrogen-bond donors (Lipinski definition) is 1. The van der Waals surface area contributed by atoms with Gasteiger partial charge in [-0.15, -0.1) is 0 Å². The summed E-state index contributed by atoms with van der Waals surface area (Å²) < 4.78 is 27.4. The van der Waals surface area contributed by atoms with Crippen LogP contribution in [-0.2, 0) is 27.8 Å². The summed E-state index contributed by atoms with van der Waals surface area (Å²) in [5.41, 5.74) is 3.41.